The number of aromatic nitrogens is 3. The molecule has 0 bridgehead atoms. The number of aromatic amines is 1. The molecular formula is C22H22N6O2. The topological polar surface area (TPSA) is 96.4 Å². The molecule has 4 aromatic rings. The summed E-state index contributed by atoms with van der Waals surface area (Å²) in [5.74, 6) is 3.14. The smallest absolute Gasteiger partial charge is 0.157 e. The maximum absolute atomic E-state index is 5.81. The quantitative estimate of drug-likeness (QED) is 0.456. The van der Waals surface area contributed by atoms with Gasteiger partial charge in [-0.3, -0.25) is 10.1 Å². The van der Waals surface area contributed by atoms with Gasteiger partial charge >= 0.3 is 0 Å². The van der Waals surface area contributed by atoms with Crippen LogP contribution in [0.5, 0.6) is 11.5 Å². The number of ether oxygens (including phenoxy) is 2. The summed E-state index contributed by atoms with van der Waals surface area (Å²) in [6.45, 7) is 3.35. The molecule has 0 atom stereocenters. The number of benzene rings is 2. The van der Waals surface area contributed by atoms with Gasteiger partial charge < -0.3 is 20.1 Å². The minimum absolute atomic E-state index is 0.463. The second-order valence-electron chi connectivity index (χ2n) is 7.08. The van der Waals surface area contributed by atoms with Gasteiger partial charge in [-0.25, -0.2) is 4.98 Å². The Labute approximate surface area is 173 Å². The van der Waals surface area contributed by atoms with Crippen molar-refractivity contribution in [2.45, 2.75) is 13.3 Å². The maximum atomic E-state index is 5.81. The zero-order chi connectivity index (χ0) is 20.5. The van der Waals surface area contributed by atoms with Crippen molar-refractivity contribution in [3.05, 3.63) is 42.6 Å². The molecule has 8 heteroatoms. The van der Waals surface area contributed by atoms with E-state index in [0.29, 0.717) is 12.4 Å². The number of methoxy groups -OCH3 is 1. The molecular weight excluding hydrogens is 380 g/mol. The number of pyridine rings is 1. The molecule has 0 amide bonds. The fourth-order valence-corrected chi connectivity index (χ4v) is 3.53. The van der Waals surface area contributed by atoms with E-state index >= 15 is 0 Å². The summed E-state index contributed by atoms with van der Waals surface area (Å²) in [4.78, 5) is 9.32. The molecule has 5 rings (SSSR count). The van der Waals surface area contributed by atoms with Crippen molar-refractivity contribution in [3.63, 3.8) is 0 Å². The standard InChI is InChI=1S/C22H22N6O2/c1-3-8-23-20-12-30-19-7-4-13(9-18(19)26-20)25-22-21-16(11-24-28-21)15-10-14(29-2)5-6-17(15)27-22/h4-7,9-11H,3,8,12H2,1-2H3,(H,23,26)(H,24,28)(H,25,27). The third kappa shape index (κ3) is 3.26. The molecule has 0 saturated heterocycles. The Balaban J connectivity index is 1.51. The van der Waals surface area contributed by atoms with Crippen LogP contribution in [0.2, 0.25) is 0 Å². The molecule has 0 aliphatic carbocycles. The summed E-state index contributed by atoms with van der Waals surface area (Å²) >= 11 is 0. The molecule has 3 heterocycles. The van der Waals surface area contributed by atoms with E-state index < -0.39 is 0 Å². The number of anilines is 3. The highest BCUT2D eigenvalue weighted by atomic mass is 16.5. The normalized spacial score (nSPS) is 14.4. The highest BCUT2D eigenvalue weighted by Crippen LogP contribution is 2.34. The maximum Gasteiger partial charge on any atom is 0.157 e. The Morgan fingerprint density at radius 2 is 2.13 bits per heavy atom. The van der Waals surface area contributed by atoms with E-state index in [0.717, 1.165) is 63.5 Å². The Morgan fingerprint density at radius 3 is 3.00 bits per heavy atom. The summed E-state index contributed by atoms with van der Waals surface area (Å²) in [7, 11) is 1.66. The van der Waals surface area contributed by atoms with Gasteiger partial charge in [0.1, 0.15) is 29.5 Å². The minimum atomic E-state index is 0.463. The van der Waals surface area contributed by atoms with E-state index in [1.54, 1.807) is 7.11 Å². The zero-order valence-corrected chi connectivity index (χ0v) is 16.8. The predicted octanol–water partition coefficient (Wildman–Crippen LogP) is 4.48. The number of hydrogen-bond acceptors (Lipinski definition) is 6. The van der Waals surface area contributed by atoms with Crippen LogP contribution in [-0.4, -0.2) is 41.3 Å². The average molecular weight is 402 g/mol. The number of amidine groups is 1. The lowest BCUT2D eigenvalue weighted by Gasteiger charge is -2.21. The Bertz CT molecular complexity index is 1260. The molecule has 152 valence electrons. The van der Waals surface area contributed by atoms with Crippen molar-refractivity contribution in [3.8, 4) is 11.5 Å². The first-order valence-corrected chi connectivity index (χ1v) is 9.90. The van der Waals surface area contributed by atoms with E-state index in [4.69, 9.17) is 14.5 Å². The van der Waals surface area contributed by atoms with Crippen LogP contribution in [0, 0.1) is 0 Å². The number of fused-ring (bicyclic) bond motifs is 4. The van der Waals surface area contributed by atoms with E-state index in [9.17, 15) is 0 Å². The van der Waals surface area contributed by atoms with Crippen LogP contribution >= 0.6 is 0 Å². The van der Waals surface area contributed by atoms with E-state index in [-0.39, 0.29) is 0 Å². The molecule has 30 heavy (non-hydrogen) atoms. The van der Waals surface area contributed by atoms with Crippen LogP contribution in [0.4, 0.5) is 17.2 Å². The minimum Gasteiger partial charge on any atom is -0.497 e. The Hall–Kier alpha value is -3.81. The molecule has 2 aromatic heterocycles. The van der Waals surface area contributed by atoms with Gasteiger partial charge in [-0.2, -0.15) is 5.10 Å². The van der Waals surface area contributed by atoms with Crippen LogP contribution in [-0.2, 0) is 0 Å². The number of rotatable bonds is 5. The Kier molecular flexibility index (Phi) is 4.59. The first-order valence-electron chi connectivity index (χ1n) is 9.90. The van der Waals surface area contributed by atoms with Crippen LogP contribution in [0.25, 0.3) is 21.8 Å². The lowest BCUT2D eigenvalue weighted by atomic mass is 10.1. The highest BCUT2D eigenvalue weighted by Gasteiger charge is 2.16. The molecule has 0 radical (unpaired) electrons. The summed E-state index contributed by atoms with van der Waals surface area (Å²) in [5.41, 5.74) is 3.47. The van der Waals surface area contributed by atoms with E-state index in [2.05, 4.69) is 32.7 Å². The van der Waals surface area contributed by atoms with Crippen molar-refractivity contribution < 1.29 is 9.47 Å². The molecule has 1 aliphatic heterocycles. The molecule has 0 saturated carbocycles. The fraction of sp³-hybridized carbons (Fsp3) is 0.227. The third-order valence-electron chi connectivity index (χ3n) is 5.01. The molecule has 0 spiro atoms. The SMILES string of the molecule is CCCN=C1COc2ccc(Nc3nc4ccc(OC)cc4c4cn[nH]c34)cc2N1. The van der Waals surface area contributed by atoms with E-state index in [1.165, 1.54) is 0 Å². The summed E-state index contributed by atoms with van der Waals surface area (Å²) < 4.78 is 11.2. The van der Waals surface area contributed by atoms with Gasteiger partial charge in [0.05, 0.1) is 24.5 Å². The van der Waals surface area contributed by atoms with E-state index in [1.807, 2.05) is 42.6 Å². The zero-order valence-electron chi connectivity index (χ0n) is 16.8. The van der Waals surface area contributed by atoms with Crippen molar-refractivity contribution in [2.24, 2.45) is 4.99 Å². The van der Waals surface area contributed by atoms with Crippen LogP contribution < -0.4 is 20.1 Å². The highest BCUT2D eigenvalue weighted by molar-refractivity contribution is 6.09. The lowest BCUT2D eigenvalue weighted by molar-refractivity contribution is 0.372. The first kappa shape index (κ1) is 18.2. The number of nitrogens with one attached hydrogen (secondary N) is 3. The van der Waals surface area contributed by atoms with Gasteiger partial charge in [-0.1, -0.05) is 6.92 Å². The largest absolute Gasteiger partial charge is 0.497 e. The molecule has 1 aliphatic rings. The second kappa shape index (κ2) is 7.55. The van der Waals surface area contributed by atoms with Gasteiger partial charge in [-0.15, -0.1) is 0 Å². The summed E-state index contributed by atoms with van der Waals surface area (Å²) in [6, 6.07) is 11.7. The number of hydrogen-bond donors (Lipinski definition) is 3. The van der Waals surface area contributed by atoms with Gasteiger partial charge in [0.15, 0.2) is 5.82 Å². The summed E-state index contributed by atoms with van der Waals surface area (Å²) in [5, 5.41) is 16.0. The van der Waals surface area contributed by atoms with Gasteiger partial charge in [-0.05, 0) is 42.8 Å². The monoisotopic (exact) mass is 402 g/mol. The molecule has 0 unspecified atom stereocenters. The van der Waals surface area contributed by atoms with Crippen LogP contribution in [0.1, 0.15) is 13.3 Å². The fourth-order valence-electron chi connectivity index (χ4n) is 3.53. The van der Waals surface area contributed by atoms with Crippen LogP contribution in [0.15, 0.2) is 47.6 Å². The van der Waals surface area contributed by atoms with Crippen molar-refractivity contribution in [1.29, 1.82) is 0 Å². The van der Waals surface area contributed by atoms with Gasteiger partial charge in [0, 0.05) is 23.0 Å². The molecule has 0 fully saturated rings. The van der Waals surface area contributed by atoms with Crippen molar-refractivity contribution >= 4 is 44.8 Å². The number of nitrogens with zero attached hydrogens (tertiary/aromatic N) is 3. The second-order valence-corrected chi connectivity index (χ2v) is 7.08. The summed E-state index contributed by atoms with van der Waals surface area (Å²) in [6.07, 6.45) is 2.81. The van der Waals surface area contributed by atoms with Crippen LogP contribution in [0.3, 0.4) is 0 Å². The first-order chi connectivity index (χ1) is 14.7. The van der Waals surface area contributed by atoms with Gasteiger partial charge in [0.25, 0.3) is 0 Å². The van der Waals surface area contributed by atoms with Crippen molar-refractivity contribution in [1.82, 2.24) is 15.2 Å². The number of H-pyrrole nitrogens is 1. The van der Waals surface area contributed by atoms with Crippen molar-refractivity contribution in [2.75, 3.05) is 30.9 Å². The lowest BCUT2D eigenvalue weighted by Crippen LogP contribution is -2.26. The van der Waals surface area contributed by atoms with Gasteiger partial charge in [0.2, 0.25) is 0 Å². The molecule has 2 aromatic carbocycles. The third-order valence-corrected chi connectivity index (χ3v) is 5.01. The number of aliphatic imine (C=N–C) groups is 1. The Morgan fingerprint density at radius 1 is 1.20 bits per heavy atom. The molecule has 8 nitrogen and oxygen atoms in total. The molecule has 3 N–H and O–H groups in total. The predicted molar refractivity (Wildman–Crippen MR) is 119 cm³/mol. The average Bonchev–Trinajstić information content (AvgIpc) is 3.28.